The minimum atomic E-state index is -1.23. The van der Waals surface area contributed by atoms with E-state index in [-0.39, 0.29) is 5.57 Å². The fraction of sp³-hybridized carbons (Fsp3) is 0.214. The maximum Gasteiger partial charge on any atom is 0.348 e. The zero-order valence-electron chi connectivity index (χ0n) is 11.3. The molecule has 0 unspecified atom stereocenters. The monoisotopic (exact) mass is 398 g/mol. The van der Waals surface area contributed by atoms with Gasteiger partial charge in [-0.05, 0) is 46.4 Å². The maximum absolute atomic E-state index is 11.9. The number of nitrogens with one attached hydrogen (secondary N) is 1. The second kappa shape index (κ2) is 4.83. The summed E-state index contributed by atoms with van der Waals surface area (Å²) >= 11 is 2.15. The zero-order valence-corrected chi connectivity index (χ0v) is 13.4. The molecule has 6 nitrogen and oxygen atoms in total. The van der Waals surface area contributed by atoms with Crippen LogP contribution in [0.3, 0.4) is 0 Å². The molecule has 0 spiro atoms. The Balaban J connectivity index is 1.99. The van der Waals surface area contributed by atoms with Gasteiger partial charge in [0, 0.05) is 19.2 Å². The molecule has 1 aliphatic heterocycles. The van der Waals surface area contributed by atoms with E-state index in [1.54, 1.807) is 12.1 Å². The Bertz CT molecular complexity index is 769. The summed E-state index contributed by atoms with van der Waals surface area (Å²) in [6, 6.07) is 5.45. The molecule has 1 saturated heterocycles. The number of hydrogen-bond donors (Lipinski definition) is 1. The minimum absolute atomic E-state index is 0.126. The molecule has 21 heavy (non-hydrogen) atoms. The van der Waals surface area contributed by atoms with Gasteiger partial charge in [-0.25, -0.2) is 9.59 Å². The Kier molecular flexibility index (Phi) is 3.23. The van der Waals surface area contributed by atoms with Crippen molar-refractivity contribution < 1.29 is 19.1 Å². The quantitative estimate of drug-likeness (QED) is 0.345. The highest BCUT2D eigenvalue weighted by Gasteiger charge is 2.38. The first kappa shape index (κ1) is 14.1. The molecule has 0 aliphatic carbocycles. The molecule has 1 aromatic carbocycles. The lowest BCUT2D eigenvalue weighted by molar-refractivity contribution is -0.222. The van der Waals surface area contributed by atoms with Crippen LogP contribution in [0.5, 0.6) is 0 Å². The standard InChI is InChI=1S/C14H11IN2O4/c1-14(2)20-12(18)9(13(19)21-14)5-7-3-4-8-10(6-7)16-17-11(8)15/h3-6H,1-2H3,(H,16,17). The number of nitrogens with zero attached hydrogens (tertiary/aromatic N) is 1. The van der Waals surface area contributed by atoms with Gasteiger partial charge in [-0.3, -0.25) is 5.10 Å². The molecule has 0 radical (unpaired) electrons. The third kappa shape index (κ3) is 2.65. The van der Waals surface area contributed by atoms with Crippen LogP contribution in [0.15, 0.2) is 23.8 Å². The summed E-state index contributed by atoms with van der Waals surface area (Å²) in [6.07, 6.45) is 1.45. The molecule has 0 atom stereocenters. The van der Waals surface area contributed by atoms with Crippen LogP contribution in [0.2, 0.25) is 0 Å². The van der Waals surface area contributed by atoms with Gasteiger partial charge in [0.2, 0.25) is 0 Å². The Labute approximate surface area is 133 Å². The van der Waals surface area contributed by atoms with Crippen molar-refractivity contribution in [2.75, 3.05) is 0 Å². The number of hydrogen-bond acceptors (Lipinski definition) is 5. The molecule has 2 aromatic rings. The Hall–Kier alpha value is -1.90. The van der Waals surface area contributed by atoms with Crippen molar-refractivity contribution >= 4 is 51.5 Å². The predicted molar refractivity (Wildman–Crippen MR) is 83.1 cm³/mol. The van der Waals surface area contributed by atoms with Gasteiger partial charge in [0.25, 0.3) is 5.79 Å². The molecule has 108 valence electrons. The third-order valence-electron chi connectivity index (χ3n) is 2.96. The third-order valence-corrected chi connectivity index (χ3v) is 3.78. The molecule has 7 heteroatoms. The number of cyclic esters (lactones) is 2. The van der Waals surface area contributed by atoms with E-state index in [0.717, 1.165) is 14.6 Å². The fourth-order valence-electron chi connectivity index (χ4n) is 2.03. The van der Waals surface area contributed by atoms with Crippen LogP contribution < -0.4 is 0 Å². The van der Waals surface area contributed by atoms with Crippen molar-refractivity contribution in [3.8, 4) is 0 Å². The van der Waals surface area contributed by atoms with Crippen molar-refractivity contribution in [3.63, 3.8) is 0 Å². The summed E-state index contributed by atoms with van der Waals surface area (Å²) in [4.78, 5) is 23.8. The molecule has 0 bridgehead atoms. The van der Waals surface area contributed by atoms with Crippen LogP contribution >= 0.6 is 22.6 Å². The molecule has 1 aliphatic rings. The average Bonchev–Trinajstić information content (AvgIpc) is 2.74. The van der Waals surface area contributed by atoms with E-state index in [2.05, 4.69) is 32.8 Å². The number of esters is 2. The Morgan fingerprint density at radius 1 is 1.24 bits per heavy atom. The number of aromatic nitrogens is 2. The van der Waals surface area contributed by atoms with Crippen molar-refractivity contribution in [2.45, 2.75) is 19.6 Å². The van der Waals surface area contributed by atoms with Gasteiger partial charge in [-0.15, -0.1) is 0 Å². The van der Waals surface area contributed by atoms with Crippen molar-refractivity contribution in [1.82, 2.24) is 10.2 Å². The molecule has 0 amide bonds. The van der Waals surface area contributed by atoms with Crippen LogP contribution in [0.1, 0.15) is 19.4 Å². The van der Waals surface area contributed by atoms with Crippen LogP contribution in [0, 0.1) is 3.70 Å². The summed E-state index contributed by atoms with van der Waals surface area (Å²) in [5, 5.41) is 7.99. The Morgan fingerprint density at radius 3 is 2.57 bits per heavy atom. The highest BCUT2D eigenvalue weighted by molar-refractivity contribution is 14.1. The minimum Gasteiger partial charge on any atom is -0.419 e. The molecule has 0 saturated carbocycles. The molecular weight excluding hydrogens is 387 g/mol. The SMILES string of the molecule is CC1(C)OC(=O)C(=Cc2ccc3c(I)[nH]nc3c2)C(=O)O1. The lowest BCUT2D eigenvalue weighted by Gasteiger charge is -2.29. The normalized spacial score (nSPS) is 17.6. The molecule has 1 fully saturated rings. The lowest BCUT2D eigenvalue weighted by Crippen LogP contribution is -2.41. The van der Waals surface area contributed by atoms with E-state index in [4.69, 9.17) is 9.47 Å². The number of rotatable bonds is 1. The van der Waals surface area contributed by atoms with Crippen molar-refractivity contribution in [3.05, 3.63) is 33.0 Å². The Morgan fingerprint density at radius 2 is 1.90 bits per heavy atom. The predicted octanol–water partition coefficient (Wildman–Crippen LogP) is 2.39. The fourth-order valence-corrected chi connectivity index (χ4v) is 2.61. The lowest BCUT2D eigenvalue weighted by atomic mass is 10.1. The van der Waals surface area contributed by atoms with E-state index in [1.165, 1.54) is 19.9 Å². The van der Waals surface area contributed by atoms with Crippen LogP contribution in [-0.4, -0.2) is 27.9 Å². The number of ether oxygens (including phenoxy) is 2. The maximum atomic E-state index is 11.9. The number of benzene rings is 1. The highest BCUT2D eigenvalue weighted by Crippen LogP contribution is 2.25. The highest BCUT2D eigenvalue weighted by atomic mass is 127. The summed E-state index contributed by atoms with van der Waals surface area (Å²) in [5.41, 5.74) is 1.31. The molecule has 2 heterocycles. The smallest absolute Gasteiger partial charge is 0.348 e. The first-order valence-corrected chi connectivity index (χ1v) is 7.26. The van der Waals surface area contributed by atoms with E-state index < -0.39 is 17.7 Å². The van der Waals surface area contributed by atoms with Gasteiger partial charge in [-0.2, -0.15) is 5.10 Å². The first-order valence-electron chi connectivity index (χ1n) is 6.18. The topological polar surface area (TPSA) is 81.3 Å². The zero-order chi connectivity index (χ0) is 15.2. The number of fused-ring (bicyclic) bond motifs is 1. The first-order chi connectivity index (χ1) is 9.85. The number of carbonyl (C=O) groups excluding carboxylic acids is 2. The average molecular weight is 398 g/mol. The summed E-state index contributed by atoms with van der Waals surface area (Å²) in [7, 11) is 0. The second-order valence-corrected chi connectivity index (χ2v) is 6.13. The summed E-state index contributed by atoms with van der Waals surface area (Å²) in [5.74, 6) is -2.60. The van der Waals surface area contributed by atoms with E-state index in [1.807, 2.05) is 6.07 Å². The largest absolute Gasteiger partial charge is 0.419 e. The van der Waals surface area contributed by atoms with E-state index >= 15 is 0 Å². The molecule has 1 N–H and O–H groups in total. The van der Waals surface area contributed by atoms with Gasteiger partial charge in [0.15, 0.2) is 0 Å². The number of H-pyrrole nitrogens is 1. The van der Waals surface area contributed by atoms with Crippen LogP contribution in [0.4, 0.5) is 0 Å². The van der Waals surface area contributed by atoms with E-state index in [0.29, 0.717) is 5.56 Å². The number of carbonyl (C=O) groups is 2. The van der Waals surface area contributed by atoms with Gasteiger partial charge in [0.05, 0.1) is 5.52 Å². The summed E-state index contributed by atoms with van der Waals surface area (Å²) in [6.45, 7) is 3.02. The van der Waals surface area contributed by atoms with Crippen molar-refractivity contribution in [2.24, 2.45) is 0 Å². The number of aromatic amines is 1. The van der Waals surface area contributed by atoms with Crippen molar-refractivity contribution in [1.29, 1.82) is 0 Å². The summed E-state index contributed by atoms with van der Waals surface area (Å²) < 4.78 is 11.0. The van der Waals surface area contributed by atoms with Gasteiger partial charge >= 0.3 is 11.9 Å². The second-order valence-electron chi connectivity index (χ2n) is 5.05. The van der Waals surface area contributed by atoms with Gasteiger partial charge in [0.1, 0.15) is 9.27 Å². The van der Waals surface area contributed by atoms with Crippen LogP contribution in [0.25, 0.3) is 17.0 Å². The van der Waals surface area contributed by atoms with Gasteiger partial charge < -0.3 is 9.47 Å². The molecular formula is C14H11IN2O4. The number of halogens is 1. The van der Waals surface area contributed by atoms with E-state index in [9.17, 15) is 9.59 Å². The van der Waals surface area contributed by atoms with Gasteiger partial charge in [-0.1, -0.05) is 6.07 Å². The molecule has 1 aromatic heterocycles. The van der Waals surface area contributed by atoms with Crippen LogP contribution in [-0.2, 0) is 19.1 Å². The molecule has 3 rings (SSSR count).